The summed E-state index contributed by atoms with van der Waals surface area (Å²) in [5.74, 6) is -0.210. The van der Waals surface area contributed by atoms with Gasteiger partial charge in [0.2, 0.25) is 5.69 Å². The lowest BCUT2D eigenvalue weighted by Gasteiger charge is -2.22. The SMILES string of the molecule is CCCCC[N+]1=C(/C=C/C2=C(Cl)C(=C/C=C3/Cc4c(c5ccccc5c[n+]4CCCCS(=O)(=O)O)C3(C)C)/CCC2)C(C)(C)c2c1ccc1ccccc21. The Bertz CT molecular complexity index is 2390. The minimum Gasteiger partial charge on any atom is -0.286 e. The van der Waals surface area contributed by atoms with Gasteiger partial charge >= 0.3 is 0 Å². The highest BCUT2D eigenvalue weighted by Crippen LogP contribution is 2.46. The second kappa shape index (κ2) is 15.4. The Morgan fingerprint density at radius 3 is 2.24 bits per heavy atom. The third-order valence-corrected chi connectivity index (χ3v) is 13.4. The van der Waals surface area contributed by atoms with Crippen LogP contribution in [0.25, 0.3) is 21.5 Å². The van der Waals surface area contributed by atoms with Crippen molar-refractivity contribution in [2.75, 3.05) is 12.3 Å². The minimum absolute atomic E-state index is 0.148. The highest BCUT2D eigenvalue weighted by Gasteiger charge is 2.45. The molecule has 7 rings (SSSR count). The van der Waals surface area contributed by atoms with Gasteiger partial charge in [-0.25, -0.2) is 4.57 Å². The first-order valence-electron chi connectivity index (χ1n) is 19.9. The van der Waals surface area contributed by atoms with E-state index >= 15 is 0 Å². The van der Waals surface area contributed by atoms with Crippen LogP contribution in [0.2, 0.25) is 0 Å². The van der Waals surface area contributed by atoms with Gasteiger partial charge in [-0.1, -0.05) is 99.5 Å². The summed E-state index contributed by atoms with van der Waals surface area (Å²) < 4.78 is 36.8. The summed E-state index contributed by atoms with van der Waals surface area (Å²) in [6, 6.07) is 21.9. The van der Waals surface area contributed by atoms with Crippen LogP contribution >= 0.6 is 11.6 Å². The topological polar surface area (TPSA) is 61.3 Å². The van der Waals surface area contributed by atoms with Gasteiger partial charge in [-0.05, 0) is 91.0 Å². The number of benzene rings is 3. The van der Waals surface area contributed by atoms with E-state index in [-0.39, 0.29) is 16.6 Å². The van der Waals surface area contributed by atoms with Crippen LogP contribution in [0.5, 0.6) is 0 Å². The molecule has 0 fully saturated rings. The van der Waals surface area contributed by atoms with Gasteiger partial charge in [0.25, 0.3) is 10.1 Å². The average molecular weight is 763 g/mol. The molecule has 282 valence electrons. The van der Waals surface area contributed by atoms with Crippen LogP contribution in [0, 0.1) is 0 Å². The minimum atomic E-state index is -3.96. The lowest BCUT2D eigenvalue weighted by atomic mass is 9.78. The van der Waals surface area contributed by atoms with Crippen LogP contribution in [0.15, 0.2) is 113 Å². The number of halogens is 1. The molecule has 0 saturated carbocycles. The molecule has 0 atom stereocenters. The van der Waals surface area contributed by atoms with E-state index in [1.165, 1.54) is 79.3 Å². The van der Waals surface area contributed by atoms with Crippen LogP contribution in [-0.2, 0) is 33.9 Å². The molecule has 0 unspecified atom stereocenters. The average Bonchev–Trinajstić information content (AvgIpc) is 3.53. The van der Waals surface area contributed by atoms with Crippen molar-refractivity contribution in [3.63, 3.8) is 0 Å². The van der Waals surface area contributed by atoms with Crippen LogP contribution in [-0.4, -0.2) is 35.6 Å². The zero-order chi connectivity index (χ0) is 38.3. The van der Waals surface area contributed by atoms with Gasteiger partial charge in [-0.3, -0.25) is 4.55 Å². The largest absolute Gasteiger partial charge is 0.286 e. The smallest absolute Gasteiger partial charge is 0.264 e. The Balaban J connectivity index is 1.20. The first kappa shape index (κ1) is 38.4. The highest BCUT2D eigenvalue weighted by atomic mass is 35.5. The number of hydrogen-bond acceptors (Lipinski definition) is 2. The molecule has 0 bridgehead atoms. The summed E-state index contributed by atoms with van der Waals surface area (Å²) >= 11 is 7.31. The molecule has 2 heterocycles. The van der Waals surface area contributed by atoms with Crippen LogP contribution < -0.4 is 4.57 Å². The fourth-order valence-corrected chi connectivity index (χ4v) is 10.1. The maximum absolute atomic E-state index is 11.4. The first-order valence-corrected chi connectivity index (χ1v) is 21.8. The van der Waals surface area contributed by atoms with E-state index in [0.717, 1.165) is 43.7 Å². The number of aryl methyl sites for hydroxylation is 1. The normalized spacial score (nSPS) is 19.6. The number of pyridine rings is 1. The van der Waals surface area contributed by atoms with E-state index in [0.29, 0.717) is 19.4 Å². The van der Waals surface area contributed by atoms with Crippen molar-refractivity contribution in [1.29, 1.82) is 0 Å². The van der Waals surface area contributed by atoms with Crippen molar-refractivity contribution in [2.45, 2.75) is 110 Å². The molecule has 5 nitrogen and oxygen atoms in total. The number of rotatable bonds is 12. The molecule has 0 saturated heterocycles. The molecular weight excluding hydrogens is 708 g/mol. The number of allylic oxidation sites excluding steroid dienone is 8. The summed E-state index contributed by atoms with van der Waals surface area (Å²) in [5, 5.41) is 5.94. The molecule has 1 aromatic heterocycles. The Morgan fingerprint density at radius 1 is 0.796 bits per heavy atom. The molecule has 3 aliphatic rings. The Hall–Kier alpha value is -3.84. The summed E-state index contributed by atoms with van der Waals surface area (Å²) in [5.41, 5.74) is 10.1. The van der Waals surface area contributed by atoms with Gasteiger partial charge in [0.05, 0.1) is 17.6 Å². The lowest BCUT2D eigenvalue weighted by molar-refractivity contribution is -0.702. The van der Waals surface area contributed by atoms with E-state index in [1.54, 1.807) is 0 Å². The molecule has 7 heteroatoms. The number of fused-ring (bicyclic) bond motifs is 6. The summed E-state index contributed by atoms with van der Waals surface area (Å²) in [7, 11) is -3.96. The van der Waals surface area contributed by atoms with Crippen molar-refractivity contribution in [2.24, 2.45) is 0 Å². The molecule has 0 spiro atoms. The zero-order valence-electron chi connectivity index (χ0n) is 32.6. The van der Waals surface area contributed by atoms with Crippen molar-refractivity contribution >= 4 is 54.7 Å². The van der Waals surface area contributed by atoms with Gasteiger partial charge in [0.1, 0.15) is 13.1 Å². The molecule has 2 aliphatic carbocycles. The van der Waals surface area contributed by atoms with Gasteiger partial charge in [0, 0.05) is 51.9 Å². The molecular formula is C47H55ClN2O3S+2. The maximum Gasteiger partial charge on any atom is 0.264 e. The maximum atomic E-state index is 11.4. The summed E-state index contributed by atoms with van der Waals surface area (Å²) in [6.45, 7) is 13.4. The summed E-state index contributed by atoms with van der Waals surface area (Å²) in [6.07, 6.45) is 19.9. The number of hydrogen-bond donors (Lipinski definition) is 1. The second-order valence-corrected chi connectivity index (χ2v) is 18.4. The Morgan fingerprint density at radius 2 is 1.50 bits per heavy atom. The molecule has 0 amide bonds. The molecule has 1 aliphatic heterocycles. The summed E-state index contributed by atoms with van der Waals surface area (Å²) in [4.78, 5) is 0. The van der Waals surface area contributed by atoms with Crippen LogP contribution in [0.4, 0.5) is 5.69 Å². The highest BCUT2D eigenvalue weighted by molar-refractivity contribution is 7.85. The van der Waals surface area contributed by atoms with E-state index in [2.05, 4.69) is 135 Å². The quantitative estimate of drug-likeness (QED) is 0.0888. The van der Waals surface area contributed by atoms with Crippen LogP contribution in [0.3, 0.4) is 0 Å². The Kier molecular flexibility index (Phi) is 10.9. The molecule has 1 N–H and O–H groups in total. The van der Waals surface area contributed by atoms with Gasteiger partial charge in [0.15, 0.2) is 17.6 Å². The number of unbranched alkanes of at least 4 members (excludes halogenated alkanes) is 3. The zero-order valence-corrected chi connectivity index (χ0v) is 34.2. The standard InChI is InChI=1S/C47H54ClN2O3S/c1-6-7-12-29-50-40-26-23-33-16-8-10-20-38(33)43(40)47(4,5)42(50)27-24-35-19-15-18-34(45(35)48)22-25-37-31-41-44(46(37,2)3)39-21-11-9-17-36(39)32-49(41)28-13-14-30-54(51,52)53/h8-11,16-17,20-27,32H,6-7,12-15,18-19,28-31H2,1-5H3/q+1/p+1/b27-24+,34-22+,37-25-. The van der Waals surface area contributed by atoms with Gasteiger partial charge < -0.3 is 0 Å². The Labute approximate surface area is 327 Å². The first-order chi connectivity index (χ1) is 25.8. The second-order valence-electron chi connectivity index (χ2n) is 16.5. The fourth-order valence-electron chi connectivity index (χ4n) is 9.25. The predicted molar refractivity (Wildman–Crippen MR) is 225 cm³/mol. The van der Waals surface area contributed by atoms with E-state index < -0.39 is 10.1 Å². The number of aromatic nitrogens is 1. The molecule has 4 aromatic rings. The molecule has 54 heavy (non-hydrogen) atoms. The molecule has 3 aromatic carbocycles. The predicted octanol–water partition coefficient (Wildman–Crippen LogP) is 11.1. The van der Waals surface area contributed by atoms with Gasteiger partial charge in [-0.15, -0.1) is 0 Å². The fraction of sp³-hybridized carbons (Fsp3) is 0.404. The monoisotopic (exact) mass is 762 g/mol. The van der Waals surface area contributed by atoms with Crippen molar-refractivity contribution < 1.29 is 22.1 Å². The number of nitrogens with zero attached hydrogens (tertiary/aromatic N) is 2. The van der Waals surface area contributed by atoms with Crippen LogP contribution in [0.1, 0.15) is 103 Å². The van der Waals surface area contributed by atoms with E-state index in [9.17, 15) is 13.0 Å². The van der Waals surface area contributed by atoms with Crippen molar-refractivity contribution in [3.05, 3.63) is 130 Å². The van der Waals surface area contributed by atoms with E-state index in [4.69, 9.17) is 11.6 Å². The van der Waals surface area contributed by atoms with Crippen molar-refractivity contribution in [1.82, 2.24) is 0 Å². The third kappa shape index (κ3) is 7.42. The third-order valence-electron chi connectivity index (χ3n) is 12.1. The lowest BCUT2D eigenvalue weighted by Crippen LogP contribution is -2.39. The molecule has 0 radical (unpaired) electrons. The van der Waals surface area contributed by atoms with Crippen molar-refractivity contribution in [3.8, 4) is 0 Å². The van der Waals surface area contributed by atoms with E-state index in [1.807, 2.05) is 0 Å². The van der Waals surface area contributed by atoms with Gasteiger partial charge in [-0.2, -0.15) is 13.0 Å².